The number of rotatable bonds is 2. The summed E-state index contributed by atoms with van der Waals surface area (Å²) in [7, 11) is 1.70. The lowest BCUT2D eigenvalue weighted by molar-refractivity contribution is 0.315. The predicted octanol–water partition coefficient (Wildman–Crippen LogP) is 1.71. The minimum absolute atomic E-state index is 0.0901. The Kier molecular flexibility index (Phi) is 2.83. The van der Waals surface area contributed by atoms with Gasteiger partial charge < -0.3 is 0 Å². The van der Waals surface area contributed by atoms with Gasteiger partial charge in [-0.2, -0.15) is 0 Å². The number of thioether (sulfide) groups is 1. The molecule has 0 radical (unpaired) electrons. The highest BCUT2D eigenvalue weighted by molar-refractivity contribution is 7.98. The predicted molar refractivity (Wildman–Crippen MR) is 72.1 cm³/mol. The van der Waals surface area contributed by atoms with E-state index in [9.17, 15) is 4.79 Å². The molecule has 0 saturated heterocycles. The highest BCUT2D eigenvalue weighted by Crippen LogP contribution is 2.21. The van der Waals surface area contributed by atoms with Crippen molar-refractivity contribution in [2.24, 2.45) is 7.05 Å². The second-order valence-corrected chi connectivity index (χ2v) is 4.77. The molecule has 2 heterocycles. The van der Waals surface area contributed by atoms with Gasteiger partial charge in [-0.1, -0.05) is 17.8 Å². The molecule has 0 aliphatic heterocycles. The van der Waals surface area contributed by atoms with Crippen molar-refractivity contribution in [2.75, 3.05) is 6.26 Å². The fourth-order valence-electron chi connectivity index (χ4n) is 1.79. The number of hydrogen-bond donors (Lipinski definition) is 0. The lowest BCUT2D eigenvalue weighted by Gasteiger charge is -2.06. The minimum Gasteiger partial charge on any atom is -0.291 e. The maximum absolute atomic E-state index is 11.9. The monoisotopic (exact) mass is 274 g/mol. The molecule has 3 aromatic rings. The molecule has 0 fully saturated rings. The summed E-state index contributed by atoms with van der Waals surface area (Å²) in [6.45, 7) is 0. The molecule has 0 bridgehead atoms. The standard InChI is InChI=1S/C12H10N4O2S/c1-16-11(17)6-9(13-12(16)19-2)7-3-4-8-10(5-7)15-18-14-8/h3-6H,1-2H3. The van der Waals surface area contributed by atoms with Gasteiger partial charge in [0.2, 0.25) is 0 Å². The van der Waals surface area contributed by atoms with E-state index >= 15 is 0 Å². The highest BCUT2D eigenvalue weighted by Gasteiger charge is 2.09. The van der Waals surface area contributed by atoms with Crippen LogP contribution in [0.4, 0.5) is 0 Å². The number of nitrogens with zero attached hydrogens (tertiary/aromatic N) is 4. The van der Waals surface area contributed by atoms with E-state index in [2.05, 4.69) is 19.9 Å². The molecule has 0 aliphatic rings. The van der Waals surface area contributed by atoms with Gasteiger partial charge in [-0.25, -0.2) is 9.61 Å². The van der Waals surface area contributed by atoms with Crippen LogP contribution < -0.4 is 5.56 Å². The lowest BCUT2D eigenvalue weighted by atomic mass is 10.1. The summed E-state index contributed by atoms with van der Waals surface area (Å²) in [6, 6.07) is 6.95. The molecule has 0 aliphatic carbocycles. The molecule has 6 nitrogen and oxygen atoms in total. The molecular weight excluding hydrogens is 264 g/mol. The van der Waals surface area contributed by atoms with Crippen LogP contribution in [0.2, 0.25) is 0 Å². The Morgan fingerprint density at radius 3 is 2.79 bits per heavy atom. The Labute approximate surface area is 112 Å². The summed E-state index contributed by atoms with van der Waals surface area (Å²) < 4.78 is 6.17. The average Bonchev–Trinajstić information content (AvgIpc) is 2.89. The van der Waals surface area contributed by atoms with Crippen LogP contribution in [0.3, 0.4) is 0 Å². The maximum Gasteiger partial charge on any atom is 0.254 e. The number of benzene rings is 1. The Hall–Kier alpha value is -2.15. The van der Waals surface area contributed by atoms with Crippen LogP contribution in [0.5, 0.6) is 0 Å². The van der Waals surface area contributed by atoms with Crippen molar-refractivity contribution < 1.29 is 4.63 Å². The molecule has 96 valence electrons. The van der Waals surface area contributed by atoms with Crippen molar-refractivity contribution in [1.82, 2.24) is 19.9 Å². The van der Waals surface area contributed by atoms with Gasteiger partial charge in [0.1, 0.15) is 11.0 Å². The van der Waals surface area contributed by atoms with Gasteiger partial charge in [0, 0.05) is 18.7 Å². The van der Waals surface area contributed by atoms with Gasteiger partial charge in [-0.05, 0) is 28.7 Å². The van der Waals surface area contributed by atoms with E-state index in [-0.39, 0.29) is 5.56 Å². The van der Waals surface area contributed by atoms with Crippen LogP contribution in [-0.2, 0) is 7.05 Å². The van der Waals surface area contributed by atoms with E-state index in [1.165, 1.54) is 22.4 Å². The van der Waals surface area contributed by atoms with Crippen LogP contribution in [0, 0.1) is 0 Å². The molecule has 0 amide bonds. The molecule has 0 N–H and O–H groups in total. The Morgan fingerprint density at radius 1 is 1.21 bits per heavy atom. The van der Waals surface area contributed by atoms with Gasteiger partial charge in [-0.15, -0.1) is 0 Å². The van der Waals surface area contributed by atoms with Crippen LogP contribution in [-0.4, -0.2) is 26.1 Å². The van der Waals surface area contributed by atoms with E-state index in [1.807, 2.05) is 12.3 Å². The fraction of sp³-hybridized carbons (Fsp3) is 0.167. The summed E-state index contributed by atoms with van der Waals surface area (Å²) in [6.07, 6.45) is 1.89. The first-order chi connectivity index (χ1) is 9.19. The zero-order valence-electron chi connectivity index (χ0n) is 10.3. The molecule has 3 rings (SSSR count). The fourth-order valence-corrected chi connectivity index (χ4v) is 2.34. The largest absolute Gasteiger partial charge is 0.291 e. The highest BCUT2D eigenvalue weighted by atomic mass is 32.2. The van der Waals surface area contributed by atoms with Crippen molar-refractivity contribution in [3.63, 3.8) is 0 Å². The number of aromatic nitrogens is 4. The van der Waals surface area contributed by atoms with Gasteiger partial charge in [0.15, 0.2) is 5.16 Å². The molecule has 7 heteroatoms. The minimum atomic E-state index is -0.0901. The first kappa shape index (κ1) is 11.9. The van der Waals surface area contributed by atoms with E-state index in [0.29, 0.717) is 21.9 Å². The SMILES string of the molecule is CSc1nc(-c2ccc3nonc3c2)cc(=O)n1C. The Balaban J connectivity index is 2.20. The third-order valence-electron chi connectivity index (χ3n) is 2.83. The lowest BCUT2D eigenvalue weighted by Crippen LogP contribution is -2.19. The molecule has 19 heavy (non-hydrogen) atoms. The van der Waals surface area contributed by atoms with E-state index in [4.69, 9.17) is 0 Å². The first-order valence-electron chi connectivity index (χ1n) is 5.54. The van der Waals surface area contributed by atoms with Crippen molar-refractivity contribution >= 4 is 22.8 Å². The van der Waals surface area contributed by atoms with Crippen molar-refractivity contribution in [2.45, 2.75) is 5.16 Å². The first-order valence-corrected chi connectivity index (χ1v) is 6.76. The second kappa shape index (κ2) is 4.51. The third kappa shape index (κ3) is 2.01. The van der Waals surface area contributed by atoms with Gasteiger partial charge in [0.25, 0.3) is 5.56 Å². The van der Waals surface area contributed by atoms with Crippen molar-refractivity contribution in [1.29, 1.82) is 0 Å². The normalized spacial score (nSPS) is 11.1. The Bertz CT molecular complexity index is 809. The molecule has 0 unspecified atom stereocenters. The summed E-state index contributed by atoms with van der Waals surface area (Å²) in [4.78, 5) is 16.3. The third-order valence-corrected chi connectivity index (χ3v) is 3.56. The average molecular weight is 274 g/mol. The number of hydrogen-bond acceptors (Lipinski definition) is 6. The molecular formula is C12H10N4O2S. The number of fused-ring (bicyclic) bond motifs is 1. The van der Waals surface area contributed by atoms with Crippen LogP contribution in [0.1, 0.15) is 0 Å². The summed E-state index contributed by atoms with van der Waals surface area (Å²) >= 11 is 1.43. The van der Waals surface area contributed by atoms with E-state index in [0.717, 1.165) is 5.56 Å². The smallest absolute Gasteiger partial charge is 0.254 e. The topological polar surface area (TPSA) is 73.8 Å². The summed E-state index contributed by atoms with van der Waals surface area (Å²) in [5.74, 6) is 0. The second-order valence-electron chi connectivity index (χ2n) is 3.99. The van der Waals surface area contributed by atoms with E-state index < -0.39 is 0 Å². The van der Waals surface area contributed by atoms with Gasteiger partial charge in [0.05, 0.1) is 5.69 Å². The molecule has 2 aromatic heterocycles. The Morgan fingerprint density at radius 2 is 2.00 bits per heavy atom. The van der Waals surface area contributed by atoms with Gasteiger partial charge in [-0.3, -0.25) is 9.36 Å². The van der Waals surface area contributed by atoms with Crippen molar-refractivity contribution in [3.8, 4) is 11.3 Å². The summed E-state index contributed by atoms with van der Waals surface area (Å²) in [5.41, 5.74) is 2.67. The van der Waals surface area contributed by atoms with Gasteiger partial charge >= 0.3 is 0 Å². The quantitative estimate of drug-likeness (QED) is 0.523. The zero-order chi connectivity index (χ0) is 13.4. The van der Waals surface area contributed by atoms with Crippen molar-refractivity contribution in [3.05, 3.63) is 34.6 Å². The summed E-state index contributed by atoms with van der Waals surface area (Å²) in [5, 5.41) is 8.19. The molecule has 0 spiro atoms. The molecule has 1 aromatic carbocycles. The molecule has 0 saturated carbocycles. The maximum atomic E-state index is 11.9. The van der Waals surface area contributed by atoms with E-state index in [1.54, 1.807) is 19.2 Å². The zero-order valence-corrected chi connectivity index (χ0v) is 11.1. The molecule has 0 atom stereocenters. The van der Waals surface area contributed by atoms with Crippen LogP contribution >= 0.6 is 11.8 Å². The van der Waals surface area contributed by atoms with Crippen LogP contribution in [0.15, 0.2) is 38.8 Å². The van der Waals surface area contributed by atoms with Crippen LogP contribution in [0.25, 0.3) is 22.3 Å².